The molecule has 140 valence electrons. The molecule has 2 aromatic rings. The van der Waals surface area contributed by atoms with Crippen LogP contribution in [0.4, 0.5) is 0 Å². The molecule has 1 amide bonds. The van der Waals surface area contributed by atoms with Gasteiger partial charge in [0, 0.05) is 12.7 Å². The Kier molecular flexibility index (Phi) is 3.72. The van der Waals surface area contributed by atoms with Crippen LogP contribution in [0.25, 0.3) is 0 Å². The number of hydrogen-bond donors (Lipinski definition) is 0. The van der Waals surface area contributed by atoms with Crippen molar-refractivity contribution in [3.05, 3.63) is 57.5 Å². The molecule has 7 heteroatoms. The first kappa shape index (κ1) is 16.4. The second-order valence-corrected chi connectivity index (χ2v) is 7.30. The number of carbonyl (C=O) groups excluding carboxylic acids is 1. The molecule has 1 aromatic heterocycles. The monoisotopic (exact) mass is 368 g/mol. The third-order valence-electron chi connectivity index (χ3n) is 5.54. The Morgan fingerprint density at radius 2 is 2.07 bits per heavy atom. The van der Waals surface area contributed by atoms with Gasteiger partial charge >= 0.3 is 0 Å². The fraction of sp³-hybridized carbons (Fsp3) is 0.400. The van der Waals surface area contributed by atoms with Crippen LogP contribution in [0.5, 0.6) is 11.5 Å². The summed E-state index contributed by atoms with van der Waals surface area (Å²) in [7, 11) is 0. The fourth-order valence-corrected chi connectivity index (χ4v) is 4.08. The van der Waals surface area contributed by atoms with Crippen LogP contribution in [0.3, 0.4) is 0 Å². The topological polar surface area (TPSA) is 70.0 Å². The first-order valence-electron chi connectivity index (χ1n) is 9.11. The van der Waals surface area contributed by atoms with Gasteiger partial charge in [-0.05, 0) is 42.7 Å². The number of hydrogen-bond acceptors (Lipinski definition) is 5. The number of pyridine rings is 1. The number of fused-ring (bicyclic) bond motifs is 3. The molecule has 27 heavy (non-hydrogen) atoms. The van der Waals surface area contributed by atoms with Crippen LogP contribution in [0.15, 0.2) is 35.3 Å². The molecule has 0 spiro atoms. The van der Waals surface area contributed by atoms with Crippen LogP contribution in [-0.4, -0.2) is 47.5 Å². The Bertz CT molecular complexity index is 983. The summed E-state index contributed by atoms with van der Waals surface area (Å²) in [5.74, 6) is 1.20. The summed E-state index contributed by atoms with van der Waals surface area (Å²) < 4.78 is 17.9. The average Bonchev–Trinajstić information content (AvgIpc) is 3.40. The highest BCUT2D eigenvalue weighted by atomic mass is 16.7. The second kappa shape index (κ2) is 6.13. The molecule has 2 fully saturated rings. The number of aryl methyl sites for hydroxylation is 1. The van der Waals surface area contributed by atoms with E-state index in [0.717, 1.165) is 12.0 Å². The van der Waals surface area contributed by atoms with Crippen LogP contribution in [0.1, 0.15) is 27.9 Å². The van der Waals surface area contributed by atoms with Gasteiger partial charge in [0.15, 0.2) is 11.5 Å². The minimum atomic E-state index is -0.263. The van der Waals surface area contributed by atoms with Gasteiger partial charge in [0.25, 0.3) is 11.5 Å². The predicted molar refractivity (Wildman–Crippen MR) is 96.3 cm³/mol. The molecule has 0 aliphatic carbocycles. The van der Waals surface area contributed by atoms with Gasteiger partial charge in [-0.2, -0.15) is 0 Å². The molecule has 0 N–H and O–H groups in total. The van der Waals surface area contributed by atoms with E-state index in [1.54, 1.807) is 15.7 Å². The van der Waals surface area contributed by atoms with Gasteiger partial charge in [-0.1, -0.05) is 6.07 Å². The molecular formula is C20H20N2O5. The zero-order valence-corrected chi connectivity index (χ0v) is 15.0. The lowest BCUT2D eigenvalue weighted by Crippen LogP contribution is -2.44. The van der Waals surface area contributed by atoms with Gasteiger partial charge in [0.1, 0.15) is 5.56 Å². The average molecular weight is 368 g/mol. The highest BCUT2D eigenvalue weighted by Crippen LogP contribution is 2.33. The maximum absolute atomic E-state index is 13.1. The van der Waals surface area contributed by atoms with Crippen LogP contribution >= 0.6 is 0 Å². The highest BCUT2D eigenvalue weighted by Gasteiger charge is 2.42. The first-order valence-corrected chi connectivity index (χ1v) is 9.11. The molecule has 1 aromatic carbocycles. The maximum Gasteiger partial charge on any atom is 0.263 e. The number of amides is 1. The van der Waals surface area contributed by atoms with Crippen molar-refractivity contribution < 1.29 is 19.0 Å². The van der Waals surface area contributed by atoms with E-state index >= 15 is 0 Å². The van der Waals surface area contributed by atoms with Crippen LogP contribution in [0.2, 0.25) is 0 Å². The largest absolute Gasteiger partial charge is 0.454 e. The Hall–Kier alpha value is -2.80. The minimum absolute atomic E-state index is 0.0869. The Morgan fingerprint density at radius 1 is 1.22 bits per heavy atom. The molecule has 4 heterocycles. The van der Waals surface area contributed by atoms with Gasteiger partial charge in [-0.3, -0.25) is 9.59 Å². The number of aromatic nitrogens is 1. The third-order valence-corrected chi connectivity index (χ3v) is 5.54. The summed E-state index contributed by atoms with van der Waals surface area (Å²) in [6.07, 6.45) is 2.71. The number of ether oxygens (including phenoxy) is 3. The van der Waals surface area contributed by atoms with Crippen LogP contribution < -0.4 is 15.0 Å². The molecule has 2 atom stereocenters. The maximum atomic E-state index is 13.1. The number of carbonyl (C=O) groups is 1. The molecule has 2 saturated heterocycles. The van der Waals surface area contributed by atoms with Crippen molar-refractivity contribution in [1.82, 2.24) is 9.47 Å². The van der Waals surface area contributed by atoms with Crippen molar-refractivity contribution in [2.75, 3.05) is 19.9 Å². The molecule has 0 radical (unpaired) electrons. The van der Waals surface area contributed by atoms with Crippen LogP contribution in [-0.2, 0) is 11.3 Å². The van der Waals surface area contributed by atoms with E-state index in [9.17, 15) is 9.59 Å². The van der Waals surface area contributed by atoms with Crippen molar-refractivity contribution in [3.8, 4) is 11.5 Å². The quantitative estimate of drug-likeness (QED) is 0.822. The summed E-state index contributed by atoms with van der Waals surface area (Å²) >= 11 is 0. The van der Waals surface area contributed by atoms with Gasteiger partial charge in [0.05, 0.1) is 25.3 Å². The van der Waals surface area contributed by atoms with E-state index in [2.05, 4.69) is 0 Å². The summed E-state index contributed by atoms with van der Waals surface area (Å²) in [5.41, 5.74) is 1.61. The van der Waals surface area contributed by atoms with Crippen molar-refractivity contribution in [2.45, 2.75) is 32.0 Å². The molecule has 3 aliphatic rings. The van der Waals surface area contributed by atoms with E-state index in [0.29, 0.717) is 36.8 Å². The first-order chi connectivity index (χ1) is 13.1. The highest BCUT2D eigenvalue weighted by molar-refractivity contribution is 5.95. The fourth-order valence-electron chi connectivity index (χ4n) is 4.08. The zero-order valence-electron chi connectivity index (χ0n) is 15.0. The summed E-state index contributed by atoms with van der Waals surface area (Å²) in [4.78, 5) is 27.9. The Balaban J connectivity index is 1.45. The number of rotatable bonds is 3. The molecule has 3 aliphatic heterocycles. The number of benzene rings is 1. The molecule has 5 rings (SSSR count). The van der Waals surface area contributed by atoms with Gasteiger partial charge in [-0.15, -0.1) is 0 Å². The standard InChI is InChI=1S/C20H20N2O5/c1-12-4-5-21(8-13-2-3-16-17(6-13)27-11-26-16)19(23)18(12)20(24)22-9-15-7-14(22)10-25-15/h2-6,14-15H,7-11H2,1H3/t14-,15-/m1/s1. The summed E-state index contributed by atoms with van der Waals surface area (Å²) in [6, 6.07) is 7.52. The number of likely N-dealkylation sites (tertiary alicyclic amines) is 1. The molecule has 2 bridgehead atoms. The Morgan fingerprint density at radius 3 is 2.85 bits per heavy atom. The summed E-state index contributed by atoms with van der Waals surface area (Å²) in [5, 5.41) is 0. The van der Waals surface area contributed by atoms with Crippen LogP contribution in [0, 0.1) is 6.92 Å². The van der Waals surface area contributed by atoms with Crippen molar-refractivity contribution >= 4 is 5.91 Å². The van der Waals surface area contributed by atoms with E-state index < -0.39 is 0 Å². The third kappa shape index (κ3) is 2.70. The number of morpholine rings is 1. The van der Waals surface area contributed by atoms with Crippen molar-refractivity contribution in [2.24, 2.45) is 0 Å². The van der Waals surface area contributed by atoms with E-state index in [-0.39, 0.29) is 36.0 Å². The van der Waals surface area contributed by atoms with Gasteiger partial charge in [-0.25, -0.2) is 0 Å². The summed E-state index contributed by atoms with van der Waals surface area (Å²) in [6.45, 7) is 3.52. The lowest BCUT2D eigenvalue weighted by Gasteiger charge is -2.27. The van der Waals surface area contributed by atoms with Gasteiger partial charge in [0.2, 0.25) is 6.79 Å². The van der Waals surface area contributed by atoms with E-state index in [1.165, 1.54) is 0 Å². The molecule has 0 saturated carbocycles. The molecular weight excluding hydrogens is 348 g/mol. The van der Waals surface area contributed by atoms with E-state index in [4.69, 9.17) is 14.2 Å². The zero-order chi connectivity index (χ0) is 18.5. The predicted octanol–water partition coefficient (Wildman–Crippen LogP) is 1.55. The number of nitrogens with zero attached hydrogens (tertiary/aromatic N) is 2. The SMILES string of the molecule is Cc1ccn(Cc2ccc3c(c2)OCO3)c(=O)c1C(=O)N1C[C@H]2C[C@@H]1CO2. The lowest BCUT2D eigenvalue weighted by molar-refractivity contribution is 0.0257. The smallest absolute Gasteiger partial charge is 0.263 e. The van der Waals surface area contributed by atoms with Crippen molar-refractivity contribution in [1.29, 1.82) is 0 Å². The molecule has 0 unspecified atom stereocenters. The lowest BCUT2D eigenvalue weighted by atomic mass is 10.1. The van der Waals surface area contributed by atoms with E-state index in [1.807, 2.05) is 31.2 Å². The normalized spacial score (nSPS) is 22.5. The minimum Gasteiger partial charge on any atom is -0.454 e. The second-order valence-electron chi connectivity index (χ2n) is 7.30. The Labute approximate surface area is 156 Å². The molecule has 7 nitrogen and oxygen atoms in total. The van der Waals surface area contributed by atoms with Crippen molar-refractivity contribution in [3.63, 3.8) is 0 Å². The van der Waals surface area contributed by atoms with Gasteiger partial charge < -0.3 is 23.7 Å².